The summed E-state index contributed by atoms with van der Waals surface area (Å²) in [5, 5.41) is 9.78. The molecule has 0 aliphatic carbocycles. The summed E-state index contributed by atoms with van der Waals surface area (Å²) in [6.07, 6.45) is 3.83. The van der Waals surface area contributed by atoms with Gasteiger partial charge in [-0.15, -0.1) is 0 Å². The Bertz CT molecular complexity index is 402. The Morgan fingerprint density at radius 3 is 2.53 bits per heavy atom. The van der Waals surface area contributed by atoms with Crippen LogP contribution in [0.1, 0.15) is 31.4 Å². The van der Waals surface area contributed by atoms with E-state index in [-0.39, 0.29) is 6.10 Å². The van der Waals surface area contributed by atoms with Gasteiger partial charge in [0.15, 0.2) is 0 Å². The molecule has 0 aromatic carbocycles. The fourth-order valence-corrected chi connectivity index (χ4v) is 3.23. The highest BCUT2D eigenvalue weighted by Gasteiger charge is 2.40. The summed E-state index contributed by atoms with van der Waals surface area (Å²) >= 11 is 0. The molecule has 0 amide bonds. The number of hydrogen-bond donors (Lipinski definition) is 2. The number of rotatable bonds is 1. The number of aryl methyl sites for hydroxylation is 1. The van der Waals surface area contributed by atoms with Gasteiger partial charge in [-0.3, -0.25) is 0 Å². The summed E-state index contributed by atoms with van der Waals surface area (Å²) in [6.45, 7) is 1.93. The van der Waals surface area contributed by atoms with E-state index in [0.717, 1.165) is 37.2 Å². The first kappa shape index (κ1) is 10.8. The number of aromatic nitrogens is 2. The molecule has 0 spiro atoms. The molecule has 2 fully saturated rings. The van der Waals surface area contributed by atoms with Crippen LogP contribution in [-0.4, -0.2) is 33.3 Å². The van der Waals surface area contributed by atoms with Crippen molar-refractivity contribution >= 4 is 11.8 Å². The van der Waals surface area contributed by atoms with Crippen molar-refractivity contribution in [2.45, 2.75) is 50.8 Å². The van der Waals surface area contributed by atoms with Crippen LogP contribution in [0.15, 0.2) is 6.07 Å². The van der Waals surface area contributed by atoms with Crippen molar-refractivity contribution in [1.29, 1.82) is 0 Å². The maximum atomic E-state index is 9.78. The molecule has 1 aromatic heterocycles. The third-order valence-electron chi connectivity index (χ3n) is 3.83. The third-order valence-corrected chi connectivity index (χ3v) is 3.83. The van der Waals surface area contributed by atoms with Gasteiger partial charge in [0.2, 0.25) is 5.95 Å². The number of aliphatic hydroxyl groups is 1. The van der Waals surface area contributed by atoms with Gasteiger partial charge in [-0.2, -0.15) is 4.98 Å². The lowest BCUT2D eigenvalue weighted by Crippen LogP contribution is -2.45. The molecule has 2 bridgehead atoms. The molecule has 3 heterocycles. The molecular weight excluding hydrogens is 216 g/mol. The average Bonchev–Trinajstić information content (AvgIpc) is 2.50. The smallest absolute Gasteiger partial charge is 0.222 e. The molecule has 2 aliphatic rings. The molecule has 2 atom stereocenters. The maximum absolute atomic E-state index is 9.78. The van der Waals surface area contributed by atoms with E-state index >= 15 is 0 Å². The van der Waals surface area contributed by atoms with Crippen LogP contribution in [0.3, 0.4) is 0 Å². The van der Waals surface area contributed by atoms with Crippen LogP contribution >= 0.6 is 0 Å². The molecule has 0 saturated carbocycles. The van der Waals surface area contributed by atoms with Crippen LogP contribution in [0.25, 0.3) is 0 Å². The summed E-state index contributed by atoms with van der Waals surface area (Å²) in [5.74, 6) is 1.26. The Morgan fingerprint density at radius 1 is 1.29 bits per heavy atom. The minimum Gasteiger partial charge on any atom is -0.393 e. The summed E-state index contributed by atoms with van der Waals surface area (Å²) in [4.78, 5) is 10.8. The van der Waals surface area contributed by atoms with Crippen molar-refractivity contribution in [3.05, 3.63) is 11.8 Å². The Labute approximate surface area is 101 Å². The fraction of sp³-hybridized carbons (Fsp3) is 0.667. The number of anilines is 2. The van der Waals surface area contributed by atoms with Gasteiger partial charge in [-0.05, 0) is 32.6 Å². The minimum absolute atomic E-state index is 0.149. The van der Waals surface area contributed by atoms with E-state index < -0.39 is 0 Å². The number of hydrogen-bond acceptors (Lipinski definition) is 5. The van der Waals surface area contributed by atoms with Gasteiger partial charge in [-0.1, -0.05) is 0 Å². The molecule has 3 N–H and O–H groups in total. The number of piperidine rings is 1. The Hall–Kier alpha value is -1.36. The predicted octanol–water partition coefficient (Wildman–Crippen LogP) is 0.859. The minimum atomic E-state index is -0.149. The second kappa shape index (κ2) is 3.84. The third kappa shape index (κ3) is 1.84. The largest absolute Gasteiger partial charge is 0.393 e. The van der Waals surface area contributed by atoms with E-state index in [4.69, 9.17) is 5.73 Å². The lowest BCUT2D eigenvalue weighted by Gasteiger charge is -2.38. The van der Waals surface area contributed by atoms with Gasteiger partial charge in [0.25, 0.3) is 0 Å². The highest BCUT2D eigenvalue weighted by molar-refractivity contribution is 5.47. The molecule has 5 nitrogen and oxygen atoms in total. The first-order valence-corrected chi connectivity index (χ1v) is 6.21. The number of nitrogens with zero attached hydrogens (tertiary/aromatic N) is 3. The predicted molar refractivity (Wildman–Crippen MR) is 65.7 cm³/mol. The molecule has 1 aromatic rings. The first-order chi connectivity index (χ1) is 8.13. The SMILES string of the molecule is Cc1cc(N2C3CCC2CC(O)C3)nc(N)n1. The molecule has 92 valence electrons. The Kier molecular flexibility index (Phi) is 2.43. The molecule has 2 aliphatic heterocycles. The topological polar surface area (TPSA) is 75.3 Å². The maximum Gasteiger partial charge on any atom is 0.222 e. The van der Waals surface area contributed by atoms with E-state index in [1.807, 2.05) is 13.0 Å². The Morgan fingerprint density at radius 2 is 1.94 bits per heavy atom. The highest BCUT2D eigenvalue weighted by Crippen LogP contribution is 2.38. The monoisotopic (exact) mass is 234 g/mol. The van der Waals surface area contributed by atoms with E-state index in [1.54, 1.807) is 0 Å². The van der Waals surface area contributed by atoms with Crippen molar-refractivity contribution in [3.63, 3.8) is 0 Å². The molecule has 2 unspecified atom stereocenters. The van der Waals surface area contributed by atoms with Crippen molar-refractivity contribution in [2.75, 3.05) is 10.6 Å². The van der Waals surface area contributed by atoms with Gasteiger partial charge in [0.05, 0.1) is 6.10 Å². The molecule has 17 heavy (non-hydrogen) atoms. The van der Waals surface area contributed by atoms with Crippen LogP contribution in [-0.2, 0) is 0 Å². The molecule has 2 saturated heterocycles. The lowest BCUT2D eigenvalue weighted by molar-refractivity contribution is 0.126. The van der Waals surface area contributed by atoms with Crippen molar-refractivity contribution < 1.29 is 5.11 Å². The lowest BCUT2D eigenvalue weighted by atomic mass is 10.00. The van der Waals surface area contributed by atoms with E-state index in [0.29, 0.717) is 18.0 Å². The zero-order valence-corrected chi connectivity index (χ0v) is 10.0. The molecule has 3 rings (SSSR count). The van der Waals surface area contributed by atoms with Crippen LogP contribution < -0.4 is 10.6 Å². The van der Waals surface area contributed by atoms with E-state index in [1.165, 1.54) is 0 Å². The summed E-state index contributed by atoms with van der Waals surface area (Å²) in [5.41, 5.74) is 6.61. The number of aliphatic hydroxyl groups excluding tert-OH is 1. The van der Waals surface area contributed by atoms with Crippen LogP contribution in [0.4, 0.5) is 11.8 Å². The zero-order valence-electron chi connectivity index (χ0n) is 10.0. The molecular formula is C12H18N4O. The standard InChI is InChI=1S/C12H18N4O/c1-7-4-11(15-12(13)14-7)16-8-2-3-9(16)6-10(17)5-8/h4,8-10,17H,2-3,5-6H2,1H3,(H2,13,14,15). The normalized spacial score (nSPS) is 31.9. The van der Waals surface area contributed by atoms with E-state index in [9.17, 15) is 5.11 Å². The highest BCUT2D eigenvalue weighted by atomic mass is 16.3. The Balaban J connectivity index is 1.94. The fourth-order valence-electron chi connectivity index (χ4n) is 3.23. The van der Waals surface area contributed by atoms with Crippen LogP contribution in [0.5, 0.6) is 0 Å². The van der Waals surface area contributed by atoms with Crippen LogP contribution in [0, 0.1) is 6.92 Å². The second-order valence-electron chi connectivity index (χ2n) is 5.14. The summed E-state index contributed by atoms with van der Waals surface area (Å²) in [6, 6.07) is 2.81. The van der Waals surface area contributed by atoms with Crippen molar-refractivity contribution in [2.24, 2.45) is 0 Å². The van der Waals surface area contributed by atoms with Crippen LogP contribution in [0.2, 0.25) is 0 Å². The number of nitrogen functional groups attached to an aromatic ring is 1. The van der Waals surface area contributed by atoms with Gasteiger partial charge in [-0.25, -0.2) is 4.98 Å². The average molecular weight is 234 g/mol. The first-order valence-electron chi connectivity index (χ1n) is 6.21. The van der Waals surface area contributed by atoms with Gasteiger partial charge < -0.3 is 15.7 Å². The van der Waals surface area contributed by atoms with Crippen molar-refractivity contribution in [3.8, 4) is 0 Å². The zero-order chi connectivity index (χ0) is 12.0. The second-order valence-corrected chi connectivity index (χ2v) is 5.14. The molecule has 0 radical (unpaired) electrons. The number of nitrogens with two attached hydrogens (primary N) is 1. The van der Waals surface area contributed by atoms with Gasteiger partial charge in [0.1, 0.15) is 5.82 Å². The van der Waals surface area contributed by atoms with Gasteiger partial charge >= 0.3 is 0 Å². The molecule has 5 heteroatoms. The van der Waals surface area contributed by atoms with Crippen molar-refractivity contribution in [1.82, 2.24) is 9.97 Å². The number of fused-ring (bicyclic) bond motifs is 2. The summed E-state index contributed by atoms with van der Waals surface area (Å²) in [7, 11) is 0. The quantitative estimate of drug-likeness (QED) is 0.753. The van der Waals surface area contributed by atoms with Gasteiger partial charge in [0, 0.05) is 23.8 Å². The van der Waals surface area contributed by atoms with E-state index in [2.05, 4.69) is 14.9 Å². The summed E-state index contributed by atoms with van der Waals surface area (Å²) < 4.78 is 0.